The average Bonchev–Trinajstić information content (AvgIpc) is 2.65. The molecule has 3 N–H and O–H groups in total. The Kier molecular flexibility index (Phi) is 8.17. The van der Waals surface area contributed by atoms with Crippen molar-refractivity contribution in [1.82, 2.24) is 15.1 Å². The molecular weight excluding hydrogens is 348 g/mol. The molecule has 1 aromatic carbocycles. The zero-order chi connectivity index (χ0) is 17.5. The van der Waals surface area contributed by atoms with Crippen LogP contribution in [0.4, 0.5) is 0 Å². The lowest BCUT2D eigenvalue weighted by molar-refractivity contribution is -0.133. The quantitative estimate of drug-likeness (QED) is 0.725. The highest BCUT2D eigenvalue weighted by Crippen LogP contribution is 2.14. The molecule has 1 aliphatic heterocycles. The van der Waals surface area contributed by atoms with E-state index in [0.717, 1.165) is 0 Å². The summed E-state index contributed by atoms with van der Waals surface area (Å²) >= 11 is 0. The predicted molar refractivity (Wildman–Crippen MR) is 94.8 cm³/mol. The lowest BCUT2D eigenvalue weighted by atomic mass is 10.1. The van der Waals surface area contributed by atoms with Gasteiger partial charge in [-0.25, -0.2) is 0 Å². The van der Waals surface area contributed by atoms with Crippen LogP contribution in [0.5, 0.6) is 5.75 Å². The maximum Gasteiger partial charge on any atom is 0.253 e. The van der Waals surface area contributed by atoms with E-state index in [9.17, 15) is 14.4 Å². The van der Waals surface area contributed by atoms with Crippen LogP contribution in [-0.2, 0) is 9.59 Å². The summed E-state index contributed by atoms with van der Waals surface area (Å²) in [5.41, 5.74) is 5.76. The molecule has 1 aliphatic rings. The number of hydrogen-bond donors (Lipinski definition) is 2. The first-order valence-corrected chi connectivity index (χ1v) is 7.73. The topological polar surface area (TPSA) is 105 Å². The number of carbonyl (C=O) groups is 3. The number of amides is 3. The van der Waals surface area contributed by atoms with Gasteiger partial charge in [-0.3, -0.25) is 14.4 Å². The molecule has 3 amide bonds. The Bertz CT molecular complexity index is 601. The summed E-state index contributed by atoms with van der Waals surface area (Å²) in [4.78, 5) is 38.8. The van der Waals surface area contributed by atoms with E-state index < -0.39 is 0 Å². The molecule has 25 heavy (non-hydrogen) atoms. The van der Waals surface area contributed by atoms with Gasteiger partial charge in [-0.1, -0.05) is 0 Å². The Morgan fingerprint density at radius 1 is 1.08 bits per heavy atom. The van der Waals surface area contributed by atoms with Crippen LogP contribution in [0.2, 0.25) is 0 Å². The fraction of sp³-hybridized carbons (Fsp3) is 0.438. The Morgan fingerprint density at radius 3 is 2.16 bits per heavy atom. The highest BCUT2D eigenvalue weighted by atomic mass is 35.5. The summed E-state index contributed by atoms with van der Waals surface area (Å²) in [6, 6.07) is 6.93. The maximum atomic E-state index is 12.4. The van der Waals surface area contributed by atoms with Gasteiger partial charge >= 0.3 is 0 Å². The van der Waals surface area contributed by atoms with Crippen LogP contribution in [0.1, 0.15) is 10.4 Å². The number of rotatable bonds is 5. The Morgan fingerprint density at radius 2 is 1.64 bits per heavy atom. The number of hydrogen-bond acceptors (Lipinski definition) is 5. The summed E-state index contributed by atoms with van der Waals surface area (Å²) in [7, 11) is 1.57. The number of carbonyl (C=O) groups excluding carboxylic acids is 3. The fourth-order valence-electron chi connectivity index (χ4n) is 2.43. The molecule has 0 aliphatic carbocycles. The van der Waals surface area contributed by atoms with E-state index >= 15 is 0 Å². The van der Waals surface area contributed by atoms with Gasteiger partial charge in [0.15, 0.2) is 0 Å². The summed E-state index contributed by atoms with van der Waals surface area (Å²) in [6.45, 7) is 1.60. The standard InChI is InChI=1S/C16H22N4O4.ClH/c1-24-13-4-2-12(3-5-13)16(23)20-8-6-19(7-9-20)15(22)11-18-14(21)10-17;/h2-5H,6-11,17H2,1H3,(H,18,21);1H. The van der Waals surface area contributed by atoms with Gasteiger partial charge in [0.05, 0.1) is 20.2 Å². The van der Waals surface area contributed by atoms with Crippen molar-refractivity contribution in [3.8, 4) is 5.75 Å². The van der Waals surface area contributed by atoms with Gasteiger partial charge < -0.3 is 25.6 Å². The maximum absolute atomic E-state index is 12.4. The smallest absolute Gasteiger partial charge is 0.253 e. The molecular formula is C16H23ClN4O4. The summed E-state index contributed by atoms with van der Waals surface area (Å²) in [5, 5.41) is 2.45. The van der Waals surface area contributed by atoms with E-state index in [1.54, 1.807) is 41.2 Å². The highest BCUT2D eigenvalue weighted by molar-refractivity contribution is 5.94. The van der Waals surface area contributed by atoms with Gasteiger partial charge in [0.2, 0.25) is 11.8 Å². The molecule has 9 heteroatoms. The molecule has 0 radical (unpaired) electrons. The van der Waals surface area contributed by atoms with E-state index in [4.69, 9.17) is 10.5 Å². The van der Waals surface area contributed by atoms with Crippen molar-refractivity contribution >= 4 is 30.1 Å². The number of piperazine rings is 1. The number of methoxy groups -OCH3 is 1. The number of benzene rings is 1. The Labute approximate surface area is 152 Å². The molecule has 0 unspecified atom stereocenters. The normalized spacial score (nSPS) is 13.7. The number of ether oxygens (including phenoxy) is 1. The third kappa shape index (κ3) is 5.61. The van der Waals surface area contributed by atoms with Crippen molar-refractivity contribution < 1.29 is 19.1 Å². The molecule has 1 aromatic rings. The van der Waals surface area contributed by atoms with Crippen molar-refractivity contribution in [3.63, 3.8) is 0 Å². The Hall–Kier alpha value is -2.32. The molecule has 0 saturated carbocycles. The number of nitrogens with zero attached hydrogens (tertiary/aromatic N) is 2. The van der Waals surface area contributed by atoms with Crippen molar-refractivity contribution in [3.05, 3.63) is 29.8 Å². The fourth-order valence-corrected chi connectivity index (χ4v) is 2.43. The summed E-state index contributed by atoms with van der Waals surface area (Å²) < 4.78 is 5.08. The molecule has 138 valence electrons. The van der Waals surface area contributed by atoms with Crippen LogP contribution in [0.15, 0.2) is 24.3 Å². The van der Waals surface area contributed by atoms with E-state index in [2.05, 4.69) is 5.32 Å². The van der Waals surface area contributed by atoms with Gasteiger partial charge in [0.25, 0.3) is 5.91 Å². The molecule has 0 spiro atoms. The van der Waals surface area contributed by atoms with Crippen LogP contribution in [-0.4, -0.2) is 73.9 Å². The number of nitrogens with two attached hydrogens (primary N) is 1. The first-order chi connectivity index (χ1) is 11.5. The zero-order valence-electron chi connectivity index (χ0n) is 14.1. The highest BCUT2D eigenvalue weighted by Gasteiger charge is 2.24. The van der Waals surface area contributed by atoms with Gasteiger partial charge in [-0.15, -0.1) is 12.4 Å². The average molecular weight is 371 g/mol. The lowest BCUT2D eigenvalue weighted by Gasteiger charge is -2.34. The third-order valence-electron chi connectivity index (χ3n) is 3.88. The second-order valence-electron chi connectivity index (χ2n) is 5.38. The van der Waals surface area contributed by atoms with Crippen LogP contribution in [0, 0.1) is 0 Å². The zero-order valence-corrected chi connectivity index (χ0v) is 14.9. The minimum absolute atomic E-state index is 0. The summed E-state index contributed by atoms with van der Waals surface area (Å²) in [6.07, 6.45) is 0. The van der Waals surface area contributed by atoms with Crippen molar-refractivity contribution in [2.45, 2.75) is 0 Å². The number of halogens is 1. The van der Waals surface area contributed by atoms with Crippen molar-refractivity contribution in [2.75, 3.05) is 46.4 Å². The van der Waals surface area contributed by atoms with Crippen LogP contribution in [0.25, 0.3) is 0 Å². The second kappa shape index (κ2) is 9.85. The first-order valence-electron chi connectivity index (χ1n) is 7.73. The molecule has 8 nitrogen and oxygen atoms in total. The SMILES string of the molecule is COc1ccc(C(=O)N2CCN(C(=O)CNC(=O)CN)CC2)cc1.Cl. The third-order valence-corrected chi connectivity index (χ3v) is 3.88. The van der Waals surface area contributed by atoms with E-state index in [-0.39, 0.29) is 43.2 Å². The van der Waals surface area contributed by atoms with Gasteiger partial charge in [0.1, 0.15) is 5.75 Å². The van der Waals surface area contributed by atoms with E-state index in [0.29, 0.717) is 37.5 Å². The predicted octanol–water partition coefficient (Wildman–Crippen LogP) is -0.524. The van der Waals surface area contributed by atoms with Gasteiger partial charge in [-0.05, 0) is 24.3 Å². The van der Waals surface area contributed by atoms with Gasteiger partial charge in [-0.2, -0.15) is 0 Å². The molecule has 2 rings (SSSR count). The van der Waals surface area contributed by atoms with Crippen LogP contribution < -0.4 is 15.8 Å². The van der Waals surface area contributed by atoms with E-state index in [1.807, 2.05) is 0 Å². The largest absolute Gasteiger partial charge is 0.497 e. The van der Waals surface area contributed by atoms with Crippen molar-refractivity contribution in [1.29, 1.82) is 0 Å². The molecule has 0 aromatic heterocycles. The Balaban J connectivity index is 0.00000312. The summed E-state index contributed by atoms with van der Waals surface area (Å²) in [5.74, 6) is 0.0905. The van der Waals surface area contributed by atoms with E-state index in [1.165, 1.54) is 0 Å². The lowest BCUT2D eigenvalue weighted by Crippen LogP contribution is -2.52. The number of nitrogens with one attached hydrogen (secondary N) is 1. The first kappa shape index (κ1) is 20.7. The minimum atomic E-state index is -0.364. The molecule has 1 saturated heterocycles. The minimum Gasteiger partial charge on any atom is -0.497 e. The molecule has 0 bridgehead atoms. The second-order valence-corrected chi connectivity index (χ2v) is 5.38. The molecule has 1 heterocycles. The van der Waals surface area contributed by atoms with Crippen LogP contribution >= 0.6 is 12.4 Å². The molecule has 1 fully saturated rings. The van der Waals surface area contributed by atoms with Crippen LogP contribution in [0.3, 0.4) is 0 Å². The monoisotopic (exact) mass is 370 g/mol. The van der Waals surface area contributed by atoms with Crippen molar-refractivity contribution in [2.24, 2.45) is 5.73 Å². The van der Waals surface area contributed by atoms with Gasteiger partial charge in [0, 0.05) is 31.7 Å². The molecule has 0 atom stereocenters.